The summed E-state index contributed by atoms with van der Waals surface area (Å²) >= 11 is 0. The van der Waals surface area contributed by atoms with Gasteiger partial charge in [0.25, 0.3) is 0 Å². The molecule has 152 valence electrons. The zero-order valence-electron chi connectivity index (χ0n) is 16.6. The van der Waals surface area contributed by atoms with Gasteiger partial charge in [-0.05, 0) is 49.4 Å². The lowest BCUT2D eigenvalue weighted by Gasteiger charge is -2.11. The molecule has 1 aromatic carbocycles. The van der Waals surface area contributed by atoms with Gasteiger partial charge in [0.05, 0.1) is 37.3 Å². The lowest BCUT2D eigenvalue weighted by molar-refractivity contribution is 0.183. The Labute approximate surface area is 168 Å². The van der Waals surface area contributed by atoms with E-state index in [1.165, 1.54) is 18.9 Å². The van der Waals surface area contributed by atoms with E-state index in [0.717, 1.165) is 11.3 Å². The maximum atomic E-state index is 14.5. The van der Waals surface area contributed by atoms with Crippen LogP contribution in [-0.4, -0.2) is 40.1 Å². The number of halogens is 1. The molecule has 1 N–H and O–H groups in total. The van der Waals surface area contributed by atoms with Gasteiger partial charge in [-0.2, -0.15) is 5.10 Å². The van der Waals surface area contributed by atoms with E-state index >= 15 is 0 Å². The monoisotopic (exact) mass is 397 g/mol. The largest absolute Gasteiger partial charge is 0.490 e. The minimum absolute atomic E-state index is 0.286. The first kappa shape index (κ1) is 19.3. The first-order chi connectivity index (χ1) is 14.1. The van der Waals surface area contributed by atoms with Gasteiger partial charge >= 0.3 is 0 Å². The lowest BCUT2D eigenvalue weighted by Crippen LogP contribution is -2.04. The summed E-state index contributed by atoms with van der Waals surface area (Å²) in [5.74, 6) is 0.904. The van der Waals surface area contributed by atoms with E-state index in [1.807, 2.05) is 19.2 Å². The van der Waals surface area contributed by atoms with Crippen LogP contribution in [0.1, 0.15) is 18.4 Å². The first-order valence-electron chi connectivity index (χ1n) is 9.67. The van der Waals surface area contributed by atoms with Gasteiger partial charge < -0.3 is 14.8 Å². The van der Waals surface area contributed by atoms with Crippen LogP contribution >= 0.6 is 0 Å². The van der Waals surface area contributed by atoms with Crippen LogP contribution in [0.5, 0.6) is 5.75 Å². The Morgan fingerprint density at radius 3 is 2.90 bits per heavy atom. The SMILES string of the molecule is COCCn1cc(Nc2ncc(C)c(-c3ccc(OCC4CC4)c(F)c3)n2)cn1. The molecule has 1 aliphatic rings. The van der Waals surface area contributed by atoms with Crippen molar-refractivity contribution in [1.29, 1.82) is 0 Å². The van der Waals surface area contributed by atoms with Crippen molar-refractivity contribution in [2.45, 2.75) is 26.3 Å². The first-order valence-corrected chi connectivity index (χ1v) is 9.67. The number of nitrogens with zero attached hydrogens (tertiary/aromatic N) is 4. The number of aromatic nitrogens is 4. The zero-order valence-corrected chi connectivity index (χ0v) is 16.6. The van der Waals surface area contributed by atoms with Crippen LogP contribution in [0.2, 0.25) is 0 Å². The molecular weight excluding hydrogens is 373 g/mol. The average molecular weight is 397 g/mol. The molecule has 0 spiro atoms. The van der Waals surface area contributed by atoms with Crippen molar-refractivity contribution in [3.63, 3.8) is 0 Å². The van der Waals surface area contributed by atoms with E-state index in [-0.39, 0.29) is 11.6 Å². The number of nitrogens with one attached hydrogen (secondary N) is 1. The lowest BCUT2D eigenvalue weighted by atomic mass is 10.1. The van der Waals surface area contributed by atoms with Crippen molar-refractivity contribution >= 4 is 11.6 Å². The van der Waals surface area contributed by atoms with Gasteiger partial charge in [-0.25, -0.2) is 14.4 Å². The summed E-state index contributed by atoms with van der Waals surface area (Å²) in [5, 5.41) is 7.40. The molecule has 8 heteroatoms. The fourth-order valence-corrected chi connectivity index (χ4v) is 2.92. The van der Waals surface area contributed by atoms with Crippen LogP contribution in [0.4, 0.5) is 16.0 Å². The summed E-state index contributed by atoms with van der Waals surface area (Å²) < 4.78 is 26.9. The van der Waals surface area contributed by atoms with E-state index in [4.69, 9.17) is 9.47 Å². The number of hydrogen-bond acceptors (Lipinski definition) is 6. The molecule has 7 nitrogen and oxygen atoms in total. The van der Waals surface area contributed by atoms with Gasteiger partial charge in [-0.3, -0.25) is 4.68 Å². The van der Waals surface area contributed by atoms with Gasteiger partial charge in [0.15, 0.2) is 11.6 Å². The number of aryl methyl sites for hydroxylation is 1. The van der Waals surface area contributed by atoms with Crippen molar-refractivity contribution < 1.29 is 13.9 Å². The minimum atomic E-state index is -0.380. The van der Waals surface area contributed by atoms with Crippen molar-refractivity contribution in [1.82, 2.24) is 19.7 Å². The van der Waals surface area contributed by atoms with Crippen LogP contribution in [-0.2, 0) is 11.3 Å². The van der Waals surface area contributed by atoms with Crippen molar-refractivity contribution in [3.8, 4) is 17.0 Å². The van der Waals surface area contributed by atoms with E-state index in [9.17, 15) is 4.39 Å². The summed E-state index contributed by atoms with van der Waals surface area (Å²) in [5.41, 5.74) is 2.98. The molecule has 0 bridgehead atoms. The second-order valence-electron chi connectivity index (χ2n) is 7.23. The zero-order chi connectivity index (χ0) is 20.2. The Balaban J connectivity index is 1.50. The molecule has 0 unspecified atom stereocenters. The third kappa shape index (κ3) is 4.89. The number of anilines is 2. The molecule has 1 fully saturated rings. The summed E-state index contributed by atoms with van der Waals surface area (Å²) in [6.45, 7) is 3.72. The Morgan fingerprint density at radius 2 is 2.14 bits per heavy atom. The fourth-order valence-electron chi connectivity index (χ4n) is 2.92. The third-order valence-corrected chi connectivity index (χ3v) is 4.76. The second-order valence-corrected chi connectivity index (χ2v) is 7.23. The number of rotatable bonds is 9. The van der Waals surface area contributed by atoms with Crippen LogP contribution in [0.3, 0.4) is 0 Å². The Morgan fingerprint density at radius 1 is 1.28 bits per heavy atom. The van der Waals surface area contributed by atoms with Gasteiger partial charge in [0, 0.05) is 25.1 Å². The van der Waals surface area contributed by atoms with Gasteiger partial charge in [0.2, 0.25) is 5.95 Å². The van der Waals surface area contributed by atoms with Gasteiger partial charge in [-0.1, -0.05) is 0 Å². The highest BCUT2D eigenvalue weighted by atomic mass is 19.1. The molecule has 4 rings (SSSR count). The summed E-state index contributed by atoms with van der Waals surface area (Å²) in [6, 6.07) is 4.96. The van der Waals surface area contributed by atoms with E-state index in [1.54, 1.807) is 30.3 Å². The fraction of sp³-hybridized carbons (Fsp3) is 0.381. The molecule has 1 saturated carbocycles. The highest BCUT2D eigenvalue weighted by Gasteiger charge is 2.22. The average Bonchev–Trinajstić information content (AvgIpc) is 3.45. The summed E-state index contributed by atoms with van der Waals surface area (Å²) in [4.78, 5) is 8.90. The van der Waals surface area contributed by atoms with Crippen molar-refractivity contribution in [3.05, 3.63) is 48.2 Å². The molecule has 2 heterocycles. The number of ether oxygens (including phenoxy) is 2. The molecule has 1 aliphatic carbocycles. The Bertz CT molecular complexity index is 987. The van der Waals surface area contributed by atoms with Crippen LogP contribution in [0.25, 0.3) is 11.3 Å². The van der Waals surface area contributed by atoms with Gasteiger partial charge in [-0.15, -0.1) is 0 Å². The third-order valence-electron chi connectivity index (χ3n) is 4.76. The van der Waals surface area contributed by atoms with Crippen molar-refractivity contribution in [2.75, 3.05) is 25.6 Å². The summed E-state index contributed by atoms with van der Waals surface area (Å²) in [6.07, 6.45) is 7.61. The van der Waals surface area contributed by atoms with Crippen LogP contribution in [0.15, 0.2) is 36.8 Å². The smallest absolute Gasteiger partial charge is 0.227 e. The predicted octanol–water partition coefficient (Wildman–Crippen LogP) is 3.97. The predicted molar refractivity (Wildman–Crippen MR) is 108 cm³/mol. The van der Waals surface area contributed by atoms with E-state index in [2.05, 4.69) is 20.4 Å². The normalized spacial score (nSPS) is 13.5. The highest BCUT2D eigenvalue weighted by Crippen LogP contribution is 2.31. The molecule has 0 saturated heterocycles. The minimum Gasteiger partial charge on any atom is -0.490 e. The molecule has 29 heavy (non-hydrogen) atoms. The number of hydrogen-bond donors (Lipinski definition) is 1. The van der Waals surface area contributed by atoms with E-state index < -0.39 is 0 Å². The number of benzene rings is 1. The molecular formula is C21H24FN5O2. The quantitative estimate of drug-likeness (QED) is 0.589. The molecule has 3 aromatic rings. The molecule has 2 aromatic heterocycles. The molecule has 0 aliphatic heterocycles. The Kier molecular flexibility index (Phi) is 5.71. The van der Waals surface area contributed by atoms with Crippen LogP contribution in [0, 0.1) is 18.7 Å². The molecule has 0 radical (unpaired) electrons. The number of methoxy groups -OCH3 is 1. The topological polar surface area (TPSA) is 74.1 Å². The molecule has 0 amide bonds. The van der Waals surface area contributed by atoms with E-state index in [0.29, 0.717) is 42.9 Å². The maximum Gasteiger partial charge on any atom is 0.227 e. The maximum absolute atomic E-state index is 14.5. The standard InChI is InChI=1S/C21H24FN5O2/c1-14-10-23-21(25-17-11-24-27(12-17)7-8-28-2)26-20(14)16-5-6-19(18(22)9-16)29-13-15-3-4-15/h5-6,9-12,15H,3-4,7-8,13H2,1-2H3,(H,23,25,26). The highest BCUT2D eigenvalue weighted by molar-refractivity contribution is 5.65. The molecule has 0 atom stereocenters. The van der Waals surface area contributed by atoms with Crippen LogP contribution < -0.4 is 10.1 Å². The second kappa shape index (κ2) is 8.57. The van der Waals surface area contributed by atoms with Gasteiger partial charge in [0.1, 0.15) is 0 Å². The van der Waals surface area contributed by atoms with Crippen molar-refractivity contribution in [2.24, 2.45) is 5.92 Å². The summed E-state index contributed by atoms with van der Waals surface area (Å²) in [7, 11) is 1.65. The Hall–Kier alpha value is -3.00.